The highest BCUT2D eigenvalue weighted by molar-refractivity contribution is 5.77. The first kappa shape index (κ1) is 15.9. The van der Waals surface area contributed by atoms with Gasteiger partial charge in [0.05, 0.1) is 18.3 Å². The van der Waals surface area contributed by atoms with Crippen molar-refractivity contribution >= 4 is 5.91 Å². The number of carbonyl (C=O) groups is 1. The van der Waals surface area contributed by atoms with Crippen LogP contribution in [0.2, 0.25) is 0 Å². The molecule has 0 aliphatic carbocycles. The minimum atomic E-state index is -0.446. The van der Waals surface area contributed by atoms with Crippen LogP contribution in [-0.4, -0.2) is 47.3 Å². The molecule has 1 fully saturated rings. The summed E-state index contributed by atoms with van der Waals surface area (Å²) < 4.78 is 5.72. The van der Waals surface area contributed by atoms with Crippen molar-refractivity contribution in [3.05, 3.63) is 35.9 Å². The molecule has 116 valence electrons. The number of carbonyl (C=O) groups excluding carboxylic acids is 1. The topological polar surface area (TPSA) is 75.8 Å². The second-order valence-corrected chi connectivity index (χ2v) is 6.18. The maximum atomic E-state index is 12.4. The maximum Gasteiger partial charge on any atom is 0.224 e. The van der Waals surface area contributed by atoms with Crippen LogP contribution in [0.4, 0.5) is 0 Å². The summed E-state index contributed by atoms with van der Waals surface area (Å²) in [6.07, 6.45) is -0.0660. The Morgan fingerprint density at radius 1 is 1.48 bits per heavy atom. The molecule has 5 nitrogen and oxygen atoms in total. The Bertz CT molecular complexity index is 476. The first-order chi connectivity index (χ1) is 9.91. The predicted octanol–water partition coefficient (Wildman–Crippen LogP) is 1.07. The molecule has 0 spiro atoms. The molecule has 1 amide bonds. The van der Waals surface area contributed by atoms with E-state index < -0.39 is 5.60 Å². The Kier molecular flexibility index (Phi) is 4.98. The van der Waals surface area contributed by atoms with Crippen LogP contribution in [-0.2, 0) is 9.53 Å². The molecule has 1 heterocycles. The summed E-state index contributed by atoms with van der Waals surface area (Å²) in [6, 6.07) is 9.31. The van der Waals surface area contributed by atoms with E-state index >= 15 is 0 Å². The lowest BCUT2D eigenvalue weighted by molar-refractivity contribution is -0.167. The van der Waals surface area contributed by atoms with Crippen LogP contribution in [0.5, 0.6) is 0 Å². The average Bonchev–Trinajstić information content (AvgIpc) is 2.46. The zero-order valence-electron chi connectivity index (χ0n) is 12.7. The molecule has 0 radical (unpaired) electrons. The SMILES string of the molecule is CC1(C)CN(C(=O)CC(N)c2ccccc2)CC(CO)O1. The van der Waals surface area contributed by atoms with E-state index in [-0.39, 0.29) is 31.1 Å². The standard InChI is InChI=1S/C16H24N2O3/c1-16(2)11-18(9-13(10-19)21-16)15(20)8-14(17)12-6-4-3-5-7-12/h3-7,13-14,19H,8-11,17H2,1-2H3. The molecular weight excluding hydrogens is 268 g/mol. The highest BCUT2D eigenvalue weighted by atomic mass is 16.5. The van der Waals surface area contributed by atoms with Crippen molar-refractivity contribution in [1.29, 1.82) is 0 Å². The number of aliphatic hydroxyl groups is 1. The maximum absolute atomic E-state index is 12.4. The van der Waals surface area contributed by atoms with E-state index in [4.69, 9.17) is 10.5 Å². The van der Waals surface area contributed by atoms with Crippen molar-refractivity contribution in [1.82, 2.24) is 4.90 Å². The second kappa shape index (κ2) is 6.56. The first-order valence-corrected chi connectivity index (χ1v) is 7.28. The van der Waals surface area contributed by atoms with Gasteiger partial charge in [0.15, 0.2) is 0 Å². The van der Waals surface area contributed by atoms with Crippen molar-refractivity contribution < 1.29 is 14.6 Å². The van der Waals surface area contributed by atoms with Gasteiger partial charge in [-0.2, -0.15) is 0 Å². The molecule has 3 N–H and O–H groups in total. The van der Waals surface area contributed by atoms with Gasteiger partial charge >= 0.3 is 0 Å². The molecule has 5 heteroatoms. The van der Waals surface area contributed by atoms with Gasteiger partial charge in [0, 0.05) is 25.6 Å². The van der Waals surface area contributed by atoms with Crippen LogP contribution in [0.3, 0.4) is 0 Å². The molecule has 0 aromatic heterocycles. The quantitative estimate of drug-likeness (QED) is 0.870. The molecule has 0 bridgehead atoms. The Morgan fingerprint density at radius 2 is 2.14 bits per heavy atom. The molecule has 1 aliphatic rings. The number of morpholine rings is 1. The molecule has 2 unspecified atom stereocenters. The highest BCUT2D eigenvalue weighted by Crippen LogP contribution is 2.23. The van der Waals surface area contributed by atoms with Gasteiger partial charge < -0.3 is 20.5 Å². The van der Waals surface area contributed by atoms with Crippen molar-refractivity contribution in [2.24, 2.45) is 5.73 Å². The minimum absolute atomic E-state index is 0.00109. The molecule has 1 saturated heterocycles. The molecule has 2 atom stereocenters. The van der Waals surface area contributed by atoms with E-state index in [9.17, 15) is 9.90 Å². The minimum Gasteiger partial charge on any atom is -0.394 e. The fraction of sp³-hybridized carbons (Fsp3) is 0.562. The predicted molar refractivity (Wildman–Crippen MR) is 80.6 cm³/mol. The Hall–Kier alpha value is -1.43. The van der Waals surface area contributed by atoms with Crippen LogP contribution in [0, 0.1) is 0 Å². The van der Waals surface area contributed by atoms with Gasteiger partial charge in [-0.15, -0.1) is 0 Å². The monoisotopic (exact) mass is 292 g/mol. The fourth-order valence-corrected chi connectivity index (χ4v) is 2.72. The molecule has 1 aromatic rings. The first-order valence-electron chi connectivity index (χ1n) is 7.28. The number of hydrogen-bond donors (Lipinski definition) is 2. The zero-order valence-corrected chi connectivity index (χ0v) is 12.7. The summed E-state index contributed by atoms with van der Waals surface area (Å²) in [5, 5.41) is 9.30. The summed E-state index contributed by atoms with van der Waals surface area (Å²) in [5.74, 6) is 0.00109. The molecule has 2 rings (SSSR count). The van der Waals surface area contributed by atoms with Crippen LogP contribution in [0.25, 0.3) is 0 Å². The summed E-state index contributed by atoms with van der Waals surface area (Å²) in [6.45, 7) is 4.69. The fourth-order valence-electron chi connectivity index (χ4n) is 2.72. The third-order valence-corrected chi connectivity index (χ3v) is 3.66. The molecular formula is C16H24N2O3. The lowest BCUT2D eigenvalue weighted by atomic mass is 10.0. The van der Waals surface area contributed by atoms with Gasteiger partial charge in [-0.1, -0.05) is 30.3 Å². The number of amides is 1. The van der Waals surface area contributed by atoms with Crippen molar-refractivity contribution in [2.75, 3.05) is 19.7 Å². The highest BCUT2D eigenvalue weighted by Gasteiger charge is 2.35. The second-order valence-electron chi connectivity index (χ2n) is 6.18. The van der Waals surface area contributed by atoms with E-state index in [1.165, 1.54) is 0 Å². The van der Waals surface area contributed by atoms with Crippen molar-refractivity contribution in [2.45, 2.75) is 38.0 Å². The number of benzene rings is 1. The van der Waals surface area contributed by atoms with E-state index in [1.807, 2.05) is 44.2 Å². The Labute approximate surface area is 125 Å². The van der Waals surface area contributed by atoms with E-state index in [0.717, 1.165) is 5.56 Å². The molecule has 21 heavy (non-hydrogen) atoms. The van der Waals surface area contributed by atoms with Gasteiger partial charge in [0.2, 0.25) is 5.91 Å². The van der Waals surface area contributed by atoms with Gasteiger partial charge in [0.25, 0.3) is 0 Å². The number of aliphatic hydroxyl groups excluding tert-OH is 1. The van der Waals surface area contributed by atoms with Crippen LogP contribution < -0.4 is 5.73 Å². The van der Waals surface area contributed by atoms with Gasteiger partial charge in [-0.3, -0.25) is 4.79 Å². The largest absolute Gasteiger partial charge is 0.394 e. The normalized spacial score (nSPS) is 22.9. The summed E-state index contributed by atoms with van der Waals surface area (Å²) in [5.41, 5.74) is 6.62. The van der Waals surface area contributed by atoms with Crippen molar-refractivity contribution in [3.8, 4) is 0 Å². The lowest BCUT2D eigenvalue weighted by Gasteiger charge is -2.42. The van der Waals surface area contributed by atoms with E-state index in [2.05, 4.69) is 0 Å². The number of nitrogens with two attached hydrogens (primary N) is 1. The van der Waals surface area contributed by atoms with Crippen LogP contribution in [0.15, 0.2) is 30.3 Å². The smallest absolute Gasteiger partial charge is 0.224 e. The third kappa shape index (κ3) is 4.27. The summed E-state index contributed by atoms with van der Waals surface area (Å²) >= 11 is 0. The molecule has 0 saturated carbocycles. The molecule has 1 aliphatic heterocycles. The summed E-state index contributed by atoms with van der Waals surface area (Å²) in [4.78, 5) is 14.2. The summed E-state index contributed by atoms with van der Waals surface area (Å²) in [7, 11) is 0. The molecule has 1 aromatic carbocycles. The number of rotatable bonds is 4. The van der Waals surface area contributed by atoms with Gasteiger partial charge in [-0.25, -0.2) is 0 Å². The van der Waals surface area contributed by atoms with Crippen LogP contribution in [0.1, 0.15) is 31.9 Å². The van der Waals surface area contributed by atoms with Gasteiger partial charge in [0.1, 0.15) is 0 Å². The average molecular weight is 292 g/mol. The lowest BCUT2D eigenvalue weighted by Crippen LogP contribution is -2.55. The van der Waals surface area contributed by atoms with Gasteiger partial charge in [-0.05, 0) is 19.4 Å². The number of ether oxygens (including phenoxy) is 1. The van der Waals surface area contributed by atoms with Crippen molar-refractivity contribution in [3.63, 3.8) is 0 Å². The zero-order chi connectivity index (χ0) is 15.5. The third-order valence-electron chi connectivity index (χ3n) is 3.66. The Balaban J connectivity index is 1.99. The Morgan fingerprint density at radius 3 is 2.76 bits per heavy atom. The van der Waals surface area contributed by atoms with E-state index in [1.54, 1.807) is 4.90 Å². The van der Waals surface area contributed by atoms with E-state index in [0.29, 0.717) is 13.1 Å². The number of hydrogen-bond acceptors (Lipinski definition) is 4. The number of nitrogens with zero attached hydrogens (tertiary/aromatic N) is 1. The van der Waals surface area contributed by atoms with Crippen LogP contribution >= 0.6 is 0 Å².